The average molecular weight is 397 g/mol. The van der Waals surface area contributed by atoms with E-state index in [-0.39, 0.29) is 12.1 Å². The molecule has 2 aromatic carbocycles. The molecule has 1 fully saturated rings. The maximum Gasteiger partial charge on any atom is 0.338 e. The van der Waals surface area contributed by atoms with Gasteiger partial charge in [-0.15, -0.1) is 0 Å². The molecule has 0 atom stereocenters. The average Bonchev–Trinajstić information content (AvgIpc) is 3.11. The first-order chi connectivity index (χ1) is 13.7. The Morgan fingerprint density at radius 2 is 2.04 bits per heavy atom. The van der Waals surface area contributed by atoms with Gasteiger partial charge in [-0.1, -0.05) is 49.3 Å². The monoisotopic (exact) mass is 396 g/mol. The number of rotatable bonds is 8. The van der Waals surface area contributed by atoms with E-state index in [2.05, 4.69) is 22.9 Å². The summed E-state index contributed by atoms with van der Waals surface area (Å²) in [5, 5.41) is 0.982. The van der Waals surface area contributed by atoms with Crippen molar-refractivity contribution in [2.45, 2.75) is 32.3 Å². The summed E-state index contributed by atoms with van der Waals surface area (Å²) in [6, 6.07) is 15.3. The van der Waals surface area contributed by atoms with Crippen LogP contribution in [0.4, 0.5) is 5.13 Å². The lowest BCUT2D eigenvalue weighted by Crippen LogP contribution is -2.53. The van der Waals surface area contributed by atoms with Crippen LogP contribution in [0.3, 0.4) is 0 Å². The van der Waals surface area contributed by atoms with E-state index in [1.54, 1.807) is 23.5 Å². The summed E-state index contributed by atoms with van der Waals surface area (Å²) in [6.07, 6.45) is 3.22. The summed E-state index contributed by atoms with van der Waals surface area (Å²) in [5.74, 6) is 0.420. The van der Waals surface area contributed by atoms with Gasteiger partial charge in [0, 0.05) is 0 Å². The van der Waals surface area contributed by atoms with Crippen molar-refractivity contribution in [2.24, 2.45) is 0 Å². The molecule has 0 bridgehead atoms. The molecule has 0 unspecified atom stereocenters. The Bertz CT molecular complexity index is 917. The molecular weight excluding hydrogens is 372 g/mol. The minimum Gasteiger partial charge on any atom is -0.494 e. The Kier molecular flexibility index (Phi) is 5.76. The smallest absolute Gasteiger partial charge is 0.338 e. The largest absolute Gasteiger partial charge is 0.494 e. The number of carbonyl (C=O) groups is 1. The van der Waals surface area contributed by atoms with E-state index >= 15 is 0 Å². The Hall–Kier alpha value is -2.60. The van der Waals surface area contributed by atoms with Crippen molar-refractivity contribution in [1.82, 2.24) is 4.98 Å². The highest BCUT2D eigenvalue weighted by Crippen LogP contribution is 2.32. The van der Waals surface area contributed by atoms with Crippen molar-refractivity contribution in [3.8, 4) is 5.75 Å². The van der Waals surface area contributed by atoms with Crippen LogP contribution in [-0.4, -0.2) is 36.8 Å². The van der Waals surface area contributed by atoms with E-state index in [1.165, 1.54) is 4.70 Å². The van der Waals surface area contributed by atoms with Crippen LogP contribution in [0.15, 0.2) is 48.5 Å². The van der Waals surface area contributed by atoms with E-state index in [0.29, 0.717) is 25.3 Å². The maximum absolute atomic E-state index is 12.5. The SMILES string of the molecule is CCCCCOc1cccc(C(=O)OC2CN(c3nc4ccccc4s3)C2)c1. The number of hydrogen-bond donors (Lipinski definition) is 0. The second-order valence-corrected chi connectivity index (χ2v) is 7.99. The van der Waals surface area contributed by atoms with Crippen molar-refractivity contribution in [2.75, 3.05) is 24.6 Å². The number of unbranched alkanes of at least 4 members (excludes halogenated alkanes) is 2. The number of esters is 1. The van der Waals surface area contributed by atoms with Crippen LogP contribution >= 0.6 is 11.3 Å². The first-order valence-electron chi connectivity index (χ1n) is 9.77. The molecule has 0 spiro atoms. The van der Waals surface area contributed by atoms with Crippen molar-refractivity contribution < 1.29 is 14.3 Å². The summed E-state index contributed by atoms with van der Waals surface area (Å²) >= 11 is 1.67. The molecule has 5 nitrogen and oxygen atoms in total. The van der Waals surface area contributed by atoms with Crippen LogP contribution in [0, 0.1) is 0 Å². The molecule has 0 aliphatic carbocycles. The number of fused-ring (bicyclic) bond motifs is 1. The molecule has 28 heavy (non-hydrogen) atoms. The van der Waals surface area contributed by atoms with Gasteiger partial charge in [-0.25, -0.2) is 9.78 Å². The topological polar surface area (TPSA) is 51.7 Å². The van der Waals surface area contributed by atoms with Gasteiger partial charge in [0.2, 0.25) is 0 Å². The van der Waals surface area contributed by atoms with Gasteiger partial charge < -0.3 is 14.4 Å². The summed E-state index contributed by atoms with van der Waals surface area (Å²) in [5.41, 5.74) is 1.55. The third kappa shape index (κ3) is 4.28. The molecule has 1 aliphatic heterocycles. The van der Waals surface area contributed by atoms with E-state index in [1.807, 2.05) is 30.3 Å². The van der Waals surface area contributed by atoms with Gasteiger partial charge in [0.1, 0.15) is 11.9 Å². The summed E-state index contributed by atoms with van der Waals surface area (Å²) in [7, 11) is 0. The molecule has 0 saturated carbocycles. The molecular formula is C22H24N2O3S. The zero-order chi connectivity index (χ0) is 19.3. The maximum atomic E-state index is 12.5. The van der Waals surface area contributed by atoms with E-state index in [0.717, 1.165) is 35.7 Å². The van der Waals surface area contributed by atoms with Crippen LogP contribution in [0.2, 0.25) is 0 Å². The summed E-state index contributed by atoms with van der Waals surface area (Å²) in [4.78, 5) is 19.2. The van der Waals surface area contributed by atoms with Gasteiger partial charge in [-0.3, -0.25) is 0 Å². The molecule has 0 radical (unpaired) electrons. The number of hydrogen-bond acceptors (Lipinski definition) is 6. The highest BCUT2D eigenvalue weighted by Gasteiger charge is 2.32. The third-order valence-electron chi connectivity index (χ3n) is 4.76. The molecule has 1 aromatic heterocycles. The molecule has 0 amide bonds. The Morgan fingerprint density at radius 3 is 2.86 bits per heavy atom. The Labute approximate surface area is 168 Å². The fourth-order valence-electron chi connectivity index (χ4n) is 3.14. The lowest BCUT2D eigenvalue weighted by atomic mass is 10.1. The van der Waals surface area contributed by atoms with E-state index < -0.39 is 0 Å². The van der Waals surface area contributed by atoms with Gasteiger partial charge in [0.15, 0.2) is 5.13 Å². The number of anilines is 1. The van der Waals surface area contributed by atoms with Gasteiger partial charge in [-0.05, 0) is 36.8 Å². The van der Waals surface area contributed by atoms with Crippen molar-refractivity contribution in [3.05, 3.63) is 54.1 Å². The minimum atomic E-state index is -0.298. The summed E-state index contributed by atoms with van der Waals surface area (Å²) in [6.45, 7) is 4.19. The van der Waals surface area contributed by atoms with Crippen molar-refractivity contribution in [3.63, 3.8) is 0 Å². The highest BCUT2D eigenvalue weighted by molar-refractivity contribution is 7.22. The zero-order valence-corrected chi connectivity index (χ0v) is 16.8. The molecule has 1 saturated heterocycles. The number of thiazole rings is 1. The highest BCUT2D eigenvalue weighted by atomic mass is 32.1. The van der Waals surface area contributed by atoms with Crippen LogP contribution in [0.5, 0.6) is 5.75 Å². The number of ether oxygens (including phenoxy) is 2. The van der Waals surface area contributed by atoms with E-state index in [4.69, 9.17) is 9.47 Å². The first-order valence-corrected chi connectivity index (χ1v) is 10.6. The van der Waals surface area contributed by atoms with E-state index in [9.17, 15) is 4.79 Å². The van der Waals surface area contributed by atoms with Gasteiger partial charge in [0.05, 0.1) is 35.5 Å². The quantitative estimate of drug-likeness (QED) is 0.400. The fourth-order valence-corrected chi connectivity index (χ4v) is 4.12. The molecule has 2 heterocycles. The third-order valence-corrected chi connectivity index (χ3v) is 5.86. The first kappa shape index (κ1) is 18.7. The number of aromatic nitrogens is 1. The molecule has 3 aromatic rings. The fraction of sp³-hybridized carbons (Fsp3) is 0.364. The second kappa shape index (κ2) is 8.61. The molecule has 4 rings (SSSR count). The number of carbonyl (C=O) groups excluding carboxylic acids is 1. The molecule has 146 valence electrons. The lowest BCUT2D eigenvalue weighted by molar-refractivity contribution is 0.0234. The van der Waals surface area contributed by atoms with Crippen LogP contribution in [-0.2, 0) is 4.74 Å². The van der Waals surface area contributed by atoms with Crippen molar-refractivity contribution in [1.29, 1.82) is 0 Å². The van der Waals surface area contributed by atoms with Crippen LogP contribution in [0.1, 0.15) is 36.5 Å². The van der Waals surface area contributed by atoms with Crippen LogP contribution < -0.4 is 9.64 Å². The van der Waals surface area contributed by atoms with Gasteiger partial charge in [-0.2, -0.15) is 0 Å². The molecule has 1 aliphatic rings. The standard InChI is InChI=1S/C22H24N2O3S/c1-2-3-6-12-26-17-9-7-8-16(13-17)21(25)27-18-14-24(15-18)22-23-19-10-4-5-11-20(19)28-22/h4-5,7-11,13,18H,2-3,6,12,14-15H2,1H3. The van der Waals surface area contributed by atoms with Crippen LogP contribution in [0.25, 0.3) is 10.2 Å². The number of benzene rings is 2. The number of para-hydroxylation sites is 1. The second-order valence-electron chi connectivity index (χ2n) is 6.98. The molecule has 6 heteroatoms. The van der Waals surface area contributed by atoms with Gasteiger partial charge >= 0.3 is 5.97 Å². The Balaban J connectivity index is 1.29. The normalized spacial score (nSPS) is 14.1. The molecule has 0 N–H and O–H groups in total. The zero-order valence-electron chi connectivity index (χ0n) is 16.0. The predicted molar refractivity (Wildman–Crippen MR) is 112 cm³/mol. The lowest BCUT2D eigenvalue weighted by Gasteiger charge is -2.38. The minimum absolute atomic E-state index is 0.103. The summed E-state index contributed by atoms with van der Waals surface area (Å²) < 4.78 is 12.5. The Morgan fingerprint density at radius 1 is 1.18 bits per heavy atom. The van der Waals surface area contributed by atoms with Crippen molar-refractivity contribution >= 4 is 32.7 Å². The predicted octanol–water partition coefficient (Wildman–Crippen LogP) is 4.91. The van der Waals surface area contributed by atoms with Gasteiger partial charge in [0.25, 0.3) is 0 Å². The number of nitrogens with zero attached hydrogens (tertiary/aromatic N) is 2.